The number of carbonyl (C=O) groups is 1. The zero-order valence-electron chi connectivity index (χ0n) is 16.1. The number of methoxy groups -OCH3 is 2. The van der Waals surface area contributed by atoms with Gasteiger partial charge in [-0.15, -0.1) is 0 Å². The lowest BCUT2D eigenvalue weighted by atomic mass is 10.1. The minimum atomic E-state index is -0.497. The Labute approximate surface area is 167 Å². The molecule has 4 rings (SSSR count). The van der Waals surface area contributed by atoms with Gasteiger partial charge in [-0.3, -0.25) is 0 Å². The summed E-state index contributed by atoms with van der Waals surface area (Å²) in [6.45, 7) is 0.365. The van der Waals surface area contributed by atoms with Crippen molar-refractivity contribution in [3.63, 3.8) is 0 Å². The number of esters is 1. The maximum Gasteiger partial charge on any atom is 0.356 e. The molecule has 0 unspecified atom stereocenters. The highest BCUT2D eigenvalue weighted by molar-refractivity contribution is 5.89. The lowest BCUT2D eigenvalue weighted by Gasteiger charge is -2.12. The number of aromatic nitrogens is 2. The molecule has 0 amide bonds. The third-order valence-corrected chi connectivity index (χ3v) is 4.78. The number of halogens is 1. The van der Waals surface area contributed by atoms with Gasteiger partial charge in [-0.25, -0.2) is 14.2 Å². The Morgan fingerprint density at radius 3 is 2.62 bits per heavy atom. The van der Waals surface area contributed by atoms with Crippen LogP contribution in [0.1, 0.15) is 16.2 Å². The summed E-state index contributed by atoms with van der Waals surface area (Å²) >= 11 is 0. The highest BCUT2D eigenvalue weighted by Gasteiger charge is 2.16. The molecule has 2 aromatic carbocycles. The second kappa shape index (κ2) is 7.75. The predicted molar refractivity (Wildman–Crippen MR) is 109 cm³/mol. The molecule has 2 aromatic heterocycles. The molecule has 0 radical (unpaired) electrons. The molecule has 29 heavy (non-hydrogen) atoms. The number of pyridine rings is 1. The topological polar surface area (TPSA) is 53.4 Å². The fourth-order valence-corrected chi connectivity index (χ4v) is 3.39. The van der Waals surface area contributed by atoms with E-state index in [-0.39, 0.29) is 11.5 Å². The third-order valence-electron chi connectivity index (χ3n) is 4.78. The molecule has 0 atom stereocenters. The first kappa shape index (κ1) is 18.7. The highest BCUT2D eigenvalue weighted by Crippen LogP contribution is 2.32. The molecular weight excluding hydrogens is 371 g/mol. The van der Waals surface area contributed by atoms with Crippen LogP contribution in [0.15, 0.2) is 66.7 Å². The summed E-state index contributed by atoms with van der Waals surface area (Å²) in [6.07, 6.45) is 0. The smallest absolute Gasteiger partial charge is 0.356 e. The molecule has 6 heteroatoms. The lowest BCUT2D eigenvalue weighted by Crippen LogP contribution is -2.09. The van der Waals surface area contributed by atoms with Crippen molar-refractivity contribution in [2.75, 3.05) is 14.2 Å². The van der Waals surface area contributed by atoms with E-state index in [1.165, 1.54) is 13.2 Å². The summed E-state index contributed by atoms with van der Waals surface area (Å²) in [5.41, 5.74) is 3.02. The number of nitrogens with zero attached hydrogens (tertiary/aromatic N) is 2. The molecule has 0 bridgehead atoms. The van der Waals surface area contributed by atoms with Crippen LogP contribution < -0.4 is 4.74 Å². The summed E-state index contributed by atoms with van der Waals surface area (Å²) in [5.74, 6) is -0.0800. The van der Waals surface area contributed by atoms with E-state index in [1.54, 1.807) is 37.4 Å². The van der Waals surface area contributed by atoms with E-state index in [0.717, 1.165) is 22.3 Å². The standard InChI is InChI=1S/C23H19FN2O3/c1-28-17-10-11-21-15(12-17)13-22(18-7-3-4-8-19(18)24)26(21)14-16-6-5-9-20(25-16)23(27)29-2/h3-13H,14H2,1-2H3. The van der Waals surface area contributed by atoms with Crippen LogP contribution in [0.3, 0.4) is 0 Å². The van der Waals surface area contributed by atoms with E-state index in [2.05, 4.69) is 4.98 Å². The first-order valence-electron chi connectivity index (χ1n) is 9.07. The first-order chi connectivity index (χ1) is 14.1. The summed E-state index contributed by atoms with van der Waals surface area (Å²) in [7, 11) is 2.93. The molecule has 0 aliphatic heterocycles. The fourth-order valence-electron chi connectivity index (χ4n) is 3.39. The maximum absolute atomic E-state index is 14.6. The third kappa shape index (κ3) is 3.57. The van der Waals surface area contributed by atoms with Crippen molar-refractivity contribution in [1.82, 2.24) is 9.55 Å². The zero-order chi connectivity index (χ0) is 20.4. The van der Waals surface area contributed by atoms with E-state index < -0.39 is 5.97 Å². The second-order valence-electron chi connectivity index (χ2n) is 6.53. The molecule has 5 nitrogen and oxygen atoms in total. The molecule has 0 spiro atoms. The van der Waals surface area contributed by atoms with Crippen LogP contribution >= 0.6 is 0 Å². The van der Waals surface area contributed by atoms with Crippen molar-refractivity contribution in [3.05, 3.63) is 83.9 Å². The largest absolute Gasteiger partial charge is 0.497 e. The minimum Gasteiger partial charge on any atom is -0.497 e. The molecule has 4 aromatic rings. The van der Waals surface area contributed by atoms with Crippen molar-refractivity contribution in [2.24, 2.45) is 0 Å². The normalized spacial score (nSPS) is 10.9. The van der Waals surface area contributed by atoms with Crippen molar-refractivity contribution in [3.8, 4) is 17.0 Å². The van der Waals surface area contributed by atoms with E-state index in [9.17, 15) is 9.18 Å². The van der Waals surface area contributed by atoms with E-state index >= 15 is 0 Å². The number of ether oxygens (including phenoxy) is 2. The van der Waals surface area contributed by atoms with Crippen molar-refractivity contribution in [1.29, 1.82) is 0 Å². The fraction of sp³-hybridized carbons (Fsp3) is 0.130. The molecule has 0 N–H and O–H groups in total. The van der Waals surface area contributed by atoms with Crippen LogP contribution in [0.2, 0.25) is 0 Å². The van der Waals surface area contributed by atoms with E-state index in [1.807, 2.05) is 34.9 Å². The van der Waals surface area contributed by atoms with Gasteiger partial charge in [0.25, 0.3) is 0 Å². The highest BCUT2D eigenvalue weighted by atomic mass is 19.1. The van der Waals surface area contributed by atoms with Gasteiger partial charge < -0.3 is 14.0 Å². The SMILES string of the molecule is COC(=O)c1cccc(Cn2c(-c3ccccc3F)cc3cc(OC)ccc32)n1. The summed E-state index contributed by atoms with van der Waals surface area (Å²) in [5, 5.41) is 0.923. The van der Waals surface area contributed by atoms with Crippen molar-refractivity contribution < 1.29 is 18.7 Å². The van der Waals surface area contributed by atoms with Crippen LogP contribution in [-0.2, 0) is 11.3 Å². The Hall–Kier alpha value is -3.67. The van der Waals surface area contributed by atoms with Gasteiger partial charge in [0.05, 0.1) is 32.2 Å². The number of rotatable bonds is 5. The quantitative estimate of drug-likeness (QED) is 0.464. The molecule has 0 aliphatic rings. The molecular formula is C23H19FN2O3. The van der Waals surface area contributed by atoms with Gasteiger partial charge in [0.15, 0.2) is 0 Å². The van der Waals surface area contributed by atoms with Crippen LogP contribution in [0.5, 0.6) is 5.75 Å². The summed E-state index contributed by atoms with van der Waals surface area (Å²) in [4.78, 5) is 16.2. The zero-order valence-corrected chi connectivity index (χ0v) is 16.1. The number of hydrogen-bond donors (Lipinski definition) is 0. The number of hydrogen-bond acceptors (Lipinski definition) is 4. The molecule has 0 saturated heterocycles. The van der Waals surface area contributed by atoms with E-state index in [0.29, 0.717) is 17.8 Å². The van der Waals surface area contributed by atoms with Gasteiger partial charge in [-0.1, -0.05) is 18.2 Å². The summed E-state index contributed by atoms with van der Waals surface area (Å²) in [6, 6.07) is 19.5. The first-order valence-corrected chi connectivity index (χ1v) is 9.07. The maximum atomic E-state index is 14.6. The van der Waals surface area contributed by atoms with Crippen LogP contribution in [0.25, 0.3) is 22.2 Å². The van der Waals surface area contributed by atoms with Crippen LogP contribution in [0.4, 0.5) is 4.39 Å². The van der Waals surface area contributed by atoms with Gasteiger partial charge in [0.2, 0.25) is 0 Å². The monoisotopic (exact) mass is 390 g/mol. The van der Waals surface area contributed by atoms with Gasteiger partial charge in [-0.2, -0.15) is 0 Å². The minimum absolute atomic E-state index is 0.232. The molecule has 0 saturated carbocycles. The molecule has 146 valence electrons. The van der Waals surface area contributed by atoms with E-state index in [4.69, 9.17) is 9.47 Å². The Balaban J connectivity index is 1.87. The molecule has 2 heterocycles. The number of benzene rings is 2. The van der Waals surface area contributed by atoms with Gasteiger partial charge >= 0.3 is 5.97 Å². The Morgan fingerprint density at radius 2 is 1.86 bits per heavy atom. The van der Waals surface area contributed by atoms with Gasteiger partial charge in [0, 0.05) is 16.5 Å². The van der Waals surface area contributed by atoms with Crippen molar-refractivity contribution in [2.45, 2.75) is 6.54 Å². The predicted octanol–water partition coefficient (Wildman–Crippen LogP) is 4.69. The lowest BCUT2D eigenvalue weighted by molar-refractivity contribution is 0.0593. The second-order valence-corrected chi connectivity index (χ2v) is 6.53. The Kier molecular flexibility index (Phi) is 4.99. The van der Waals surface area contributed by atoms with Crippen LogP contribution in [0, 0.1) is 5.82 Å². The van der Waals surface area contributed by atoms with Gasteiger partial charge in [0.1, 0.15) is 17.3 Å². The Bertz CT molecular complexity index is 1200. The van der Waals surface area contributed by atoms with Crippen molar-refractivity contribution >= 4 is 16.9 Å². The molecule has 0 fully saturated rings. The average Bonchev–Trinajstić information content (AvgIpc) is 3.10. The average molecular weight is 390 g/mol. The van der Waals surface area contributed by atoms with Gasteiger partial charge in [-0.05, 0) is 48.5 Å². The number of fused-ring (bicyclic) bond motifs is 1. The number of carbonyl (C=O) groups excluding carboxylic acids is 1. The summed E-state index contributed by atoms with van der Waals surface area (Å²) < 4.78 is 26.6. The van der Waals surface area contributed by atoms with Crippen LogP contribution in [-0.4, -0.2) is 29.7 Å². The molecule has 0 aliphatic carbocycles. The Morgan fingerprint density at radius 1 is 1.03 bits per heavy atom.